The molecular weight excluding hydrogens is 356 g/mol. The SMILES string of the molecule is CCN(C(=O)C(=O)Nc1cc(OC)c(Cl)cc1OC)c1cccc(C)c1. The van der Waals surface area contributed by atoms with Gasteiger partial charge in [0.15, 0.2) is 0 Å². The van der Waals surface area contributed by atoms with Crippen molar-refractivity contribution in [3.05, 3.63) is 47.0 Å². The highest BCUT2D eigenvalue weighted by molar-refractivity contribution is 6.44. The summed E-state index contributed by atoms with van der Waals surface area (Å²) in [6.45, 7) is 4.09. The minimum Gasteiger partial charge on any atom is -0.495 e. The summed E-state index contributed by atoms with van der Waals surface area (Å²) in [7, 11) is 2.90. The Labute approximate surface area is 157 Å². The smallest absolute Gasteiger partial charge is 0.316 e. The third-order valence-electron chi connectivity index (χ3n) is 3.79. The van der Waals surface area contributed by atoms with E-state index in [1.54, 1.807) is 13.0 Å². The topological polar surface area (TPSA) is 67.9 Å². The molecule has 138 valence electrons. The molecular formula is C19H21ClN2O4. The first-order chi connectivity index (χ1) is 12.4. The third-order valence-corrected chi connectivity index (χ3v) is 4.09. The van der Waals surface area contributed by atoms with Crippen LogP contribution in [-0.2, 0) is 9.59 Å². The van der Waals surface area contributed by atoms with Crippen molar-refractivity contribution in [2.24, 2.45) is 0 Å². The Hall–Kier alpha value is -2.73. The largest absolute Gasteiger partial charge is 0.495 e. The first kappa shape index (κ1) is 19.6. The van der Waals surface area contributed by atoms with Gasteiger partial charge in [-0.25, -0.2) is 0 Å². The Kier molecular flexibility index (Phi) is 6.46. The Morgan fingerprint density at radius 1 is 1.12 bits per heavy atom. The van der Waals surface area contributed by atoms with Crippen LogP contribution in [-0.4, -0.2) is 32.6 Å². The van der Waals surface area contributed by atoms with Crippen LogP contribution in [0.15, 0.2) is 36.4 Å². The maximum absolute atomic E-state index is 12.6. The third kappa shape index (κ3) is 4.26. The predicted molar refractivity (Wildman–Crippen MR) is 102 cm³/mol. The summed E-state index contributed by atoms with van der Waals surface area (Å²) in [4.78, 5) is 26.5. The highest BCUT2D eigenvalue weighted by atomic mass is 35.5. The number of methoxy groups -OCH3 is 2. The number of amides is 2. The van der Waals surface area contributed by atoms with Crippen LogP contribution in [0.1, 0.15) is 12.5 Å². The van der Waals surface area contributed by atoms with Crippen molar-refractivity contribution in [3.8, 4) is 11.5 Å². The molecule has 0 spiro atoms. The van der Waals surface area contributed by atoms with E-state index in [0.717, 1.165) is 5.56 Å². The van der Waals surface area contributed by atoms with Crippen LogP contribution in [0, 0.1) is 6.92 Å². The number of ether oxygens (including phenoxy) is 2. The van der Waals surface area contributed by atoms with Crippen LogP contribution in [0.5, 0.6) is 11.5 Å². The van der Waals surface area contributed by atoms with E-state index >= 15 is 0 Å². The lowest BCUT2D eigenvalue weighted by Crippen LogP contribution is -2.39. The van der Waals surface area contributed by atoms with Gasteiger partial charge in [-0.1, -0.05) is 23.7 Å². The van der Waals surface area contributed by atoms with E-state index in [0.29, 0.717) is 34.4 Å². The molecule has 26 heavy (non-hydrogen) atoms. The van der Waals surface area contributed by atoms with Gasteiger partial charge >= 0.3 is 11.8 Å². The molecule has 7 heteroatoms. The molecule has 2 aromatic carbocycles. The van der Waals surface area contributed by atoms with Gasteiger partial charge in [0.25, 0.3) is 0 Å². The van der Waals surface area contributed by atoms with E-state index in [2.05, 4.69) is 5.32 Å². The van der Waals surface area contributed by atoms with Crippen molar-refractivity contribution < 1.29 is 19.1 Å². The maximum atomic E-state index is 12.6. The average molecular weight is 377 g/mol. The molecule has 0 aliphatic rings. The van der Waals surface area contributed by atoms with Gasteiger partial charge in [0.2, 0.25) is 0 Å². The fourth-order valence-corrected chi connectivity index (χ4v) is 2.73. The Morgan fingerprint density at radius 3 is 2.38 bits per heavy atom. The Bertz CT molecular complexity index is 823. The molecule has 0 bridgehead atoms. The van der Waals surface area contributed by atoms with E-state index in [-0.39, 0.29) is 0 Å². The van der Waals surface area contributed by atoms with Crippen LogP contribution >= 0.6 is 11.6 Å². The van der Waals surface area contributed by atoms with E-state index in [1.165, 1.54) is 31.3 Å². The quantitative estimate of drug-likeness (QED) is 0.809. The number of carbonyl (C=O) groups excluding carboxylic acids is 2. The maximum Gasteiger partial charge on any atom is 0.316 e. The van der Waals surface area contributed by atoms with Crippen molar-refractivity contribution in [1.29, 1.82) is 0 Å². The van der Waals surface area contributed by atoms with Crippen LogP contribution in [0.4, 0.5) is 11.4 Å². The lowest BCUT2D eigenvalue weighted by molar-refractivity contribution is -0.134. The zero-order valence-electron chi connectivity index (χ0n) is 15.1. The predicted octanol–water partition coefficient (Wildman–Crippen LogP) is 3.66. The van der Waals surface area contributed by atoms with Gasteiger partial charge in [-0.15, -0.1) is 0 Å². The number of benzene rings is 2. The van der Waals surface area contributed by atoms with E-state index < -0.39 is 11.8 Å². The number of rotatable bonds is 5. The zero-order valence-corrected chi connectivity index (χ0v) is 15.9. The molecule has 0 unspecified atom stereocenters. The molecule has 0 atom stereocenters. The lowest BCUT2D eigenvalue weighted by Gasteiger charge is -2.21. The molecule has 1 N–H and O–H groups in total. The summed E-state index contributed by atoms with van der Waals surface area (Å²) in [5.41, 5.74) is 1.96. The summed E-state index contributed by atoms with van der Waals surface area (Å²) in [5.74, 6) is -0.762. The first-order valence-electron chi connectivity index (χ1n) is 8.02. The summed E-state index contributed by atoms with van der Waals surface area (Å²) in [6.07, 6.45) is 0. The molecule has 2 aromatic rings. The number of aryl methyl sites for hydroxylation is 1. The fraction of sp³-hybridized carbons (Fsp3) is 0.263. The van der Waals surface area contributed by atoms with Crippen molar-refractivity contribution in [1.82, 2.24) is 0 Å². The second-order valence-electron chi connectivity index (χ2n) is 5.53. The minimum atomic E-state index is -0.781. The van der Waals surface area contributed by atoms with E-state index in [4.69, 9.17) is 21.1 Å². The molecule has 0 aliphatic carbocycles. The summed E-state index contributed by atoms with van der Waals surface area (Å²) in [5, 5.41) is 2.91. The second-order valence-corrected chi connectivity index (χ2v) is 5.94. The summed E-state index contributed by atoms with van der Waals surface area (Å²) in [6, 6.07) is 10.4. The number of halogens is 1. The van der Waals surface area contributed by atoms with E-state index in [1.807, 2.05) is 25.1 Å². The molecule has 2 rings (SSSR count). The second kappa shape index (κ2) is 8.58. The van der Waals surface area contributed by atoms with Gasteiger partial charge in [-0.05, 0) is 31.5 Å². The van der Waals surface area contributed by atoms with Crippen LogP contribution < -0.4 is 19.7 Å². The monoisotopic (exact) mass is 376 g/mol. The highest BCUT2D eigenvalue weighted by Crippen LogP contribution is 2.35. The molecule has 0 saturated heterocycles. The van der Waals surface area contributed by atoms with Gasteiger partial charge in [0, 0.05) is 24.4 Å². The average Bonchev–Trinajstić information content (AvgIpc) is 2.63. The standard InChI is InChI=1S/C19H21ClN2O4/c1-5-22(13-8-6-7-12(2)9-13)19(24)18(23)21-15-11-16(25-3)14(20)10-17(15)26-4/h6-11H,5H2,1-4H3,(H,21,23). The van der Waals surface area contributed by atoms with Crippen LogP contribution in [0.25, 0.3) is 0 Å². The van der Waals surface area contributed by atoms with Gasteiger partial charge in [-0.2, -0.15) is 0 Å². The zero-order chi connectivity index (χ0) is 19.3. The molecule has 0 heterocycles. The number of hydrogen-bond donors (Lipinski definition) is 1. The fourth-order valence-electron chi connectivity index (χ4n) is 2.50. The summed E-state index contributed by atoms with van der Waals surface area (Å²) >= 11 is 6.05. The molecule has 0 aliphatic heterocycles. The number of hydrogen-bond acceptors (Lipinski definition) is 4. The number of anilines is 2. The number of likely N-dealkylation sites (N-methyl/N-ethyl adjacent to an activating group) is 1. The van der Waals surface area contributed by atoms with E-state index in [9.17, 15) is 9.59 Å². The van der Waals surface area contributed by atoms with Crippen molar-refractivity contribution in [2.45, 2.75) is 13.8 Å². The molecule has 0 radical (unpaired) electrons. The van der Waals surface area contributed by atoms with Crippen molar-refractivity contribution in [2.75, 3.05) is 31.0 Å². The normalized spacial score (nSPS) is 10.2. The molecule has 0 saturated carbocycles. The van der Waals surface area contributed by atoms with Gasteiger partial charge in [-0.3, -0.25) is 9.59 Å². The lowest BCUT2D eigenvalue weighted by atomic mass is 10.2. The summed E-state index contributed by atoms with van der Waals surface area (Å²) < 4.78 is 10.4. The van der Waals surface area contributed by atoms with Crippen molar-refractivity contribution in [3.63, 3.8) is 0 Å². The van der Waals surface area contributed by atoms with Crippen molar-refractivity contribution >= 4 is 34.8 Å². The van der Waals surface area contributed by atoms with Gasteiger partial charge < -0.3 is 19.7 Å². The van der Waals surface area contributed by atoms with Crippen LogP contribution in [0.2, 0.25) is 5.02 Å². The van der Waals surface area contributed by atoms with Gasteiger partial charge in [0.1, 0.15) is 11.5 Å². The molecule has 0 fully saturated rings. The highest BCUT2D eigenvalue weighted by Gasteiger charge is 2.24. The first-order valence-corrected chi connectivity index (χ1v) is 8.40. The Balaban J connectivity index is 2.27. The molecule has 0 aromatic heterocycles. The minimum absolute atomic E-state index is 0.299. The number of nitrogens with zero attached hydrogens (tertiary/aromatic N) is 1. The molecule has 2 amide bonds. The van der Waals surface area contributed by atoms with Gasteiger partial charge in [0.05, 0.1) is 24.9 Å². The number of carbonyl (C=O) groups is 2. The van der Waals surface area contributed by atoms with Crippen LogP contribution in [0.3, 0.4) is 0 Å². The number of nitrogens with one attached hydrogen (secondary N) is 1. The molecule has 6 nitrogen and oxygen atoms in total. The Morgan fingerprint density at radius 2 is 1.81 bits per heavy atom.